The molecule has 146 valence electrons. The Hall–Kier alpha value is -2.65. The van der Waals surface area contributed by atoms with Gasteiger partial charge in [0.15, 0.2) is 0 Å². The van der Waals surface area contributed by atoms with Gasteiger partial charge < -0.3 is 0 Å². The summed E-state index contributed by atoms with van der Waals surface area (Å²) >= 11 is 8.14. The zero-order chi connectivity index (χ0) is 20.7. The molecule has 1 amide bonds. The molecule has 0 radical (unpaired) electrons. The minimum absolute atomic E-state index is 0.245. The van der Waals surface area contributed by atoms with E-state index >= 15 is 0 Å². The normalized spacial score (nSPS) is 15.3. The Labute approximate surface area is 185 Å². The number of halogens is 2. The van der Waals surface area contributed by atoms with Crippen LogP contribution in [0.15, 0.2) is 64.0 Å². The van der Waals surface area contributed by atoms with E-state index in [1.807, 2.05) is 24.3 Å². The molecule has 2 heterocycles. The summed E-state index contributed by atoms with van der Waals surface area (Å²) < 4.78 is 2.50. The molecule has 2 aromatic carbocycles. The van der Waals surface area contributed by atoms with Gasteiger partial charge in [-0.25, -0.2) is 4.68 Å². The number of carbonyl (C=O) groups is 1. The fourth-order valence-electron chi connectivity index (χ4n) is 3.09. The highest BCUT2D eigenvalue weighted by atomic mass is 127. The molecule has 1 aliphatic rings. The molecular weight excluding hydrogens is 503 g/mol. The standard InChI is InChI=1S/C21H16ClIN4O2/c1-12-18(20(28)26(24-12)16-7-3-14(22)4-8-16)11-19-13(2)25-27(21(19)29)17-9-5-15(23)6-10-17/h3-11,24H,1-2H3. The fourth-order valence-corrected chi connectivity index (χ4v) is 3.57. The second-order valence-corrected chi connectivity index (χ2v) is 8.29. The van der Waals surface area contributed by atoms with E-state index in [1.165, 1.54) is 9.69 Å². The van der Waals surface area contributed by atoms with E-state index in [4.69, 9.17) is 11.6 Å². The number of hydrogen-bond acceptors (Lipinski definition) is 3. The van der Waals surface area contributed by atoms with E-state index in [2.05, 4.69) is 32.8 Å². The van der Waals surface area contributed by atoms with Crippen molar-refractivity contribution in [3.8, 4) is 5.69 Å². The molecule has 0 bridgehead atoms. The number of anilines is 1. The van der Waals surface area contributed by atoms with Crippen molar-refractivity contribution in [1.82, 2.24) is 9.78 Å². The first kappa shape index (κ1) is 19.7. The van der Waals surface area contributed by atoms with Crippen LogP contribution in [0.2, 0.25) is 5.02 Å². The Morgan fingerprint density at radius 1 is 1.00 bits per heavy atom. The van der Waals surface area contributed by atoms with Crippen molar-refractivity contribution < 1.29 is 4.79 Å². The van der Waals surface area contributed by atoms with Crippen LogP contribution < -0.4 is 10.6 Å². The van der Waals surface area contributed by atoms with Crippen LogP contribution in [0.25, 0.3) is 11.8 Å². The van der Waals surface area contributed by atoms with Crippen molar-refractivity contribution in [2.75, 3.05) is 5.01 Å². The number of carbonyl (C=O) groups excluding carboxylic acids is 1. The van der Waals surface area contributed by atoms with Gasteiger partial charge >= 0.3 is 0 Å². The van der Waals surface area contributed by atoms with Gasteiger partial charge in [-0.2, -0.15) is 10.1 Å². The summed E-state index contributed by atoms with van der Waals surface area (Å²) in [6.45, 7) is 3.55. The average molecular weight is 519 g/mol. The van der Waals surface area contributed by atoms with Gasteiger partial charge in [0.1, 0.15) is 0 Å². The van der Waals surface area contributed by atoms with Crippen molar-refractivity contribution >= 4 is 57.6 Å². The van der Waals surface area contributed by atoms with Crippen LogP contribution in [0.1, 0.15) is 18.2 Å². The summed E-state index contributed by atoms with van der Waals surface area (Å²) in [6, 6.07) is 14.4. The molecule has 8 heteroatoms. The van der Waals surface area contributed by atoms with Gasteiger partial charge in [-0.15, -0.1) is 0 Å². The third kappa shape index (κ3) is 3.67. The van der Waals surface area contributed by atoms with Gasteiger partial charge in [0.25, 0.3) is 11.5 Å². The van der Waals surface area contributed by atoms with E-state index in [0.717, 1.165) is 3.57 Å². The molecule has 1 aromatic heterocycles. The SMILES string of the molecule is CC1=NN(c2ccc(I)cc2)C(=O)C1=Cc1c(C)[nH]n(-c2ccc(Cl)cc2)c1=O. The summed E-state index contributed by atoms with van der Waals surface area (Å²) in [5.41, 5.74) is 3.13. The molecule has 0 aliphatic carbocycles. The van der Waals surface area contributed by atoms with Crippen molar-refractivity contribution in [1.29, 1.82) is 0 Å². The van der Waals surface area contributed by atoms with Gasteiger partial charge in [-0.1, -0.05) is 11.6 Å². The summed E-state index contributed by atoms with van der Waals surface area (Å²) in [5, 5.41) is 9.38. The first-order chi connectivity index (χ1) is 13.8. The fraction of sp³-hybridized carbons (Fsp3) is 0.0952. The number of amides is 1. The molecule has 3 aromatic rings. The number of aryl methyl sites for hydroxylation is 1. The number of benzene rings is 2. The largest absolute Gasteiger partial charge is 0.295 e. The van der Waals surface area contributed by atoms with Crippen LogP contribution in [0, 0.1) is 10.5 Å². The number of nitrogens with one attached hydrogen (secondary N) is 1. The number of aromatic nitrogens is 2. The third-order valence-corrected chi connectivity index (χ3v) is 5.60. The minimum Gasteiger partial charge on any atom is -0.295 e. The molecule has 4 rings (SSSR count). The molecule has 0 atom stereocenters. The highest BCUT2D eigenvalue weighted by molar-refractivity contribution is 14.1. The Balaban J connectivity index is 1.72. The average Bonchev–Trinajstić information content (AvgIpc) is 3.14. The second-order valence-electron chi connectivity index (χ2n) is 6.60. The number of rotatable bonds is 3. The van der Waals surface area contributed by atoms with Crippen molar-refractivity contribution in [2.24, 2.45) is 5.10 Å². The van der Waals surface area contributed by atoms with Gasteiger partial charge in [0.2, 0.25) is 0 Å². The predicted octanol–water partition coefficient (Wildman–Crippen LogP) is 4.54. The molecular formula is C21H16ClIN4O2. The van der Waals surface area contributed by atoms with Crippen LogP contribution in [0.4, 0.5) is 5.69 Å². The van der Waals surface area contributed by atoms with Gasteiger partial charge in [-0.3, -0.25) is 14.7 Å². The molecule has 1 aliphatic heterocycles. The molecule has 0 fully saturated rings. The lowest BCUT2D eigenvalue weighted by Gasteiger charge is -2.11. The highest BCUT2D eigenvalue weighted by Crippen LogP contribution is 2.25. The maximum Gasteiger partial charge on any atom is 0.280 e. The van der Waals surface area contributed by atoms with E-state index in [1.54, 1.807) is 44.2 Å². The van der Waals surface area contributed by atoms with Crippen LogP contribution in [0.3, 0.4) is 0 Å². The number of aromatic amines is 1. The monoisotopic (exact) mass is 518 g/mol. The van der Waals surface area contributed by atoms with Crippen molar-refractivity contribution in [3.63, 3.8) is 0 Å². The van der Waals surface area contributed by atoms with Crippen LogP contribution in [-0.2, 0) is 4.79 Å². The predicted molar refractivity (Wildman–Crippen MR) is 124 cm³/mol. The summed E-state index contributed by atoms with van der Waals surface area (Å²) in [4.78, 5) is 25.9. The maximum absolute atomic E-state index is 13.0. The zero-order valence-electron chi connectivity index (χ0n) is 15.6. The van der Waals surface area contributed by atoms with Gasteiger partial charge in [-0.05, 0) is 91.0 Å². The lowest BCUT2D eigenvalue weighted by Crippen LogP contribution is -2.22. The van der Waals surface area contributed by atoms with Crippen molar-refractivity contribution in [2.45, 2.75) is 13.8 Å². The van der Waals surface area contributed by atoms with Crippen LogP contribution >= 0.6 is 34.2 Å². The lowest BCUT2D eigenvalue weighted by molar-refractivity contribution is -0.114. The Kier molecular flexibility index (Phi) is 5.18. The zero-order valence-corrected chi connectivity index (χ0v) is 18.5. The highest BCUT2D eigenvalue weighted by Gasteiger charge is 2.29. The summed E-state index contributed by atoms with van der Waals surface area (Å²) in [7, 11) is 0. The van der Waals surface area contributed by atoms with Crippen molar-refractivity contribution in [3.05, 3.63) is 84.3 Å². The van der Waals surface area contributed by atoms with E-state index in [-0.39, 0.29) is 11.5 Å². The quantitative estimate of drug-likeness (QED) is 0.409. The molecule has 1 N–H and O–H groups in total. The number of H-pyrrole nitrogens is 1. The topological polar surface area (TPSA) is 70.5 Å². The number of hydrazone groups is 1. The summed E-state index contributed by atoms with van der Waals surface area (Å²) in [5.74, 6) is -0.262. The molecule has 0 saturated carbocycles. The van der Waals surface area contributed by atoms with E-state index < -0.39 is 0 Å². The van der Waals surface area contributed by atoms with Gasteiger partial charge in [0.05, 0.1) is 28.2 Å². The second kappa shape index (κ2) is 7.64. The molecule has 29 heavy (non-hydrogen) atoms. The number of hydrogen-bond donors (Lipinski definition) is 1. The van der Waals surface area contributed by atoms with Gasteiger partial charge in [0, 0.05) is 14.3 Å². The molecule has 0 saturated heterocycles. The molecule has 6 nitrogen and oxygen atoms in total. The first-order valence-corrected chi connectivity index (χ1v) is 10.3. The minimum atomic E-state index is -0.262. The Morgan fingerprint density at radius 2 is 1.62 bits per heavy atom. The molecule has 0 unspecified atom stereocenters. The van der Waals surface area contributed by atoms with Crippen LogP contribution in [-0.4, -0.2) is 21.4 Å². The third-order valence-electron chi connectivity index (χ3n) is 4.62. The van der Waals surface area contributed by atoms with Crippen LogP contribution in [0.5, 0.6) is 0 Å². The molecule has 0 spiro atoms. The Bertz CT molecular complexity index is 1220. The lowest BCUT2D eigenvalue weighted by atomic mass is 10.1. The summed E-state index contributed by atoms with van der Waals surface area (Å²) in [6.07, 6.45) is 1.61. The Morgan fingerprint density at radius 3 is 2.28 bits per heavy atom. The van der Waals surface area contributed by atoms with E-state index in [9.17, 15) is 9.59 Å². The smallest absolute Gasteiger partial charge is 0.280 e. The maximum atomic E-state index is 13.0. The first-order valence-electron chi connectivity index (χ1n) is 8.80. The van der Waals surface area contributed by atoms with E-state index in [0.29, 0.717) is 38.9 Å². The number of nitrogens with zero attached hydrogens (tertiary/aromatic N) is 3.